The van der Waals surface area contributed by atoms with Gasteiger partial charge in [0.2, 0.25) is 0 Å². The zero-order valence-corrected chi connectivity index (χ0v) is 6.72. The second-order valence-corrected chi connectivity index (χ2v) is 3.07. The van der Waals surface area contributed by atoms with Crippen LogP contribution in [-0.4, -0.2) is 18.5 Å². The smallest absolute Gasteiger partial charge is 0.163 e. The molecule has 59 valence electrons. The predicted octanol–water partition coefficient (Wildman–Crippen LogP) is 1.75. The van der Waals surface area contributed by atoms with Crippen LogP contribution in [0.5, 0.6) is 0 Å². The molecule has 1 saturated heterocycles. The SMILES string of the molecule is [CH2]CC1CCOC(C)(C)O1. The van der Waals surface area contributed by atoms with E-state index in [4.69, 9.17) is 9.47 Å². The van der Waals surface area contributed by atoms with Gasteiger partial charge in [0, 0.05) is 0 Å². The van der Waals surface area contributed by atoms with Gasteiger partial charge < -0.3 is 9.47 Å². The van der Waals surface area contributed by atoms with E-state index in [1.54, 1.807) is 0 Å². The van der Waals surface area contributed by atoms with Crippen LogP contribution in [0.1, 0.15) is 26.7 Å². The molecule has 2 heteroatoms. The van der Waals surface area contributed by atoms with Crippen LogP contribution in [0.2, 0.25) is 0 Å². The maximum absolute atomic E-state index is 5.54. The molecule has 1 radical (unpaired) electrons. The molecular weight excluding hydrogens is 128 g/mol. The normalized spacial score (nSPS) is 32.1. The largest absolute Gasteiger partial charge is 0.350 e. The van der Waals surface area contributed by atoms with Gasteiger partial charge in [-0.05, 0) is 26.7 Å². The lowest BCUT2D eigenvalue weighted by Gasteiger charge is -2.35. The van der Waals surface area contributed by atoms with Gasteiger partial charge >= 0.3 is 0 Å². The minimum absolute atomic E-state index is 0.295. The molecule has 0 bridgehead atoms. The third-order valence-electron chi connectivity index (χ3n) is 1.66. The van der Waals surface area contributed by atoms with Gasteiger partial charge in [0.05, 0.1) is 12.7 Å². The highest BCUT2D eigenvalue weighted by Gasteiger charge is 2.27. The number of hydrogen-bond acceptors (Lipinski definition) is 2. The Morgan fingerprint density at radius 3 is 2.70 bits per heavy atom. The van der Waals surface area contributed by atoms with Gasteiger partial charge in [0.1, 0.15) is 0 Å². The predicted molar refractivity (Wildman–Crippen MR) is 39.5 cm³/mol. The topological polar surface area (TPSA) is 18.5 Å². The minimum Gasteiger partial charge on any atom is -0.350 e. The molecule has 1 atom stereocenters. The van der Waals surface area contributed by atoms with E-state index in [-0.39, 0.29) is 5.79 Å². The Kier molecular flexibility index (Phi) is 2.32. The third-order valence-corrected chi connectivity index (χ3v) is 1.66. The first-order valence-electron chi connectivity index (χ1n) is 3.75. The van der Waals surface area contributed by atoms with Crippen LogP contribution in [0.15, 0.2) is 0 Å². The third kappa shape index (κ3) is 1.96. The highest BCUT2D eigenvalue weighted by Crippen LogP contribution is 2.22. The highest BCUT2D eigenvalue weighted by molar-refractivity contribution is 4.69. The highest BCUT2D eigenvalue weighted by atomic mass is 16.7. The van der Waals surface area contributed by atoms with E-state index in [1.165, 1.54) is 0 Å². The van der Waals surface area contributed by atoms with Gasteiger partial charge in [-0.2, -0.15) is 0 Å². The molecule has 0 aromatic heterocycles. The van der Waals surface area contributed by atoms with Crippen molar-refractivity contribution >= 4 is 0 Å². The molecule has 1 aliphatic heterocycles. The number of hydrogen-bond donors (Lipinski definition) is 0. The van der Waals surface area contributed by atoms with Crippen molar-refractivity contribution in [2.75, 3.05) is 6.61 Å². The molecule has 0 aromatic carbocycles. The summed E-state index contributed by atoms with van der Waals surface area (Å²) in [6.07, 6.45) is 2.11. The van der Waals surface area contributed by atoms with E-state index in [2.05, 4.69) is 6.92 Å². The molecule has 1 unspecified atom stereocenters. The van der Waals surface area contributed by atoms with E-state index in [9.17, 15) is 0 Å². The van der Waals surface area contributed by atoms with Gasteiger partial charge in [-0.1, -0.05) is 6.92 Å². The molecule has 1 aliphatic rings. The van der Waals surface area contributed by atoms with Crippen molar-refractivity contribution in [3.8, 4) is 0 Å². The van der Waals surface area contributed by atoms with Crippen LogP contribution >= 0.6 is 0 Å². The van der Waals surface area contributed by atoms with Gasteiger partial charge in [-0.25, -0.2) is 0 Å². The average Bonchev–Trinajstić information content (AvgIpc) is 1.86. The molecule has 0 aromatic rings. The van der Waals surface area contributed by atoms with Crippen molar-refractivity contribution in [3.05, 3.63) is 6.92 Å². The Balaban J connectivity index is 2.40. The van der Waals surface area contributed by atoms with Crippen LogP contribution in [0.4, 0.5) is 0 Å². The van der Waals surface area contributed by atoms with Crippen LogP contribution < -0.4 is 0 Å². The van der Waals surface area contributed by atoms with Gasteiger partial charge in [-0.15, -0.1) is 0 Å². The Bertz CT molecular complexity index is 110. The van der Waals surface area contributed by atoms with Crippen molar-refractivity contribution < 1.29 is 9.47 Å². The van der Waals surface area contributed by atoms with Crippen molar-refractivity contribution in [2.24, 2.45) is 0 Å². The zero-order valence-electron chi connectivity index (χ0n) is 6.72. The first-order valence-corrected chi connectivity index (χ1v) is 3.75. The summed E-state index contributed by atoms with van der Waals surface area (Å²) in [5.41, 5.74) is 0. The number of ether oxygens (including phenoxy) is 2. The quantitative estimate of drug-likeness (QED) is 0.556. The van der Waals surface area contributed by atoms with E-state index in [0.717, 1.165) is 19.4 Å². The fraction of sp³-hybridized carbons (Fsp3) is 0.875. The monoisotopic (exact) mass is 143 g/mol. The second-order valence-electron chi connectivity index (χ2n) is 3.07. The fourth-order valence-electron chi connectivity index (χ4n) is 1.13. The molecule has 2 nitrogen and oxygen atoms in total. The second kappa shape index (κ2) is 2.89. The van der Waals surface area contributed by atoms with Crippen LogP contribution in [0.3, 0.4) is 0 Å². The maximum Gasteiger partial charge on any atom is 0.163 e. The summed E-state index contributed by atoms with van der Waals surface area (Å²) < 4.78 is 10.9. The molecule has 0 spiro atoms. The summed E-state index contributed by atoms with van der Waals surface area (Å²) in [4.78, 5) is 0. The van der Waals surface area contributed by atoms with Crippen molar-refractivity contribution in [1.29, 1.82) is 0 Å². The lowest BCUT2D eigenvalue weighted by Crippen LogP contribution is -2.39. The molecular formula is C8H15O2. The van der Waals surface area contributed by atoms with Crippen LogP contribution in [0.25, 0.3) is 0 Å². The summed E-state index contributed by atoms with van der Waals surface area (Å²) in [6.45, 7) is 8.47. The van der Waals surface area contributed by atoms with Crippen LogP contribution in [-0.2, 0) is 9.47 Å². The summed E-state index contributed by atoms with van der Waals surface area (Å²) in [5, 5.41) is 0. The first kappa shape index (κ1) is 8.02. The molecule has 0 aliphatic carbocycles. The Hall–Kier alpha value is -0.0800. The summed E-state index contributed by atoms with van der Waals surface area (Å²) in [7, 11) is 0. The molecule has 1 fully saturated rings. The first-order chi connectivity index (χ1) is 4.64. The molecule has 0 N–H and O–H groups in total. The Morgan fingerprint density at radius 1 is 1.60 bits per heavy atom. The Morgan fingerprint density at radius 2 is 2.30 bits per heavy atom. The average molecular weight is 143 g/mol. The fourth-order valence-corrected chi connectivity index (χ4v) is 1.13. The van der Waals surface area contributed by atoms with E-state index in [0.29, 0.717) is 6.10 Å². The molecule has 1 rings (SSSR count). The van der Waals surface area contributed by atoms with E-state index >= 15 is 0 Å². The van der Waals surface area contributed by atoms with Gasteiger partial charge in [0.15, 0.2) is 5.79 Å². The summed E-state index contributed by atoms with van der Waals surface area (Å²) >= 11 is 0. The van der Waals surface area contributed by atoms with Crippen molar-refractivity contribution in [1.82, 2.24) is 0 Å². The van der Waals surface area contributed by atoms with E-state index in [1.807, 2.05) is 13.8 Å². The van der Waals surface area contributed by atoms with Gasteiger partial charge in [-0.3, -0.25) is 0 Å². The maximum atomic E-state index is 5.54. The minimum atomic E-state index is -0.388. The molecule has 10 heavy (non-hydrogen) atoms. The lowest BCUT2D eigenvalue weighted by atomic mass is 10.2. The van der Waals surface area contributed by atoms with Gasteiger partial charge in [0.25, 0.3) is 0 Å². The molecule has 1 heterocycles. The van der Waals surface area contributed by atoms with Crippen molar-refractivity contribution in [2.45, 2.75) is 38.6 Å². The number of rotatable bonds is 1. The zero-order chi connectivity index (χ0) is 7.61. The Labute approximate surface area is 62.5 Å². The van der Waals surface area contributed by atoms with Crippen LogP contribution in [0, 0.1) is 6.92 Å². The lowest BCUT2D eigenvalue weighted by molar-refractivity contribution is -0.272. The standard InChI is InChI=1S/C8H15O2/c1-4-7-5-6-9-8(2,3)10-7/h7H,1,4-6H2,2-3H3. The molecule has 0 amide bonds. The summed E-state index contributed by atoms with van der Waals surface area (Å²) in [6, 6.07) is 0. The van der Waals surface area contributed by atoms with Crippen molar-refractivity contribution in [3.63, 3.8) is 0 Å². The summed E-state index contributed by atoms with van der Waals surface area (Å²) in [5.74, 6) is -0.388. The molecule has 0 saturated carbocycles. The van der Waals surface area contributed by atoms with E-state index < -0.39 is 0 Å².